The van der Waals surface area contributed by atoms with Crippen molar-refractivity contribution >= 4 is 47.3 Å². The SMILES string of the molecule is CO[C@@]1(NC(=O)CSC[C@@H](N)C(=O)[O-])C(=O)N2C(C(=O)[O-])=C(CO)CS[C@@H]21.[Na+].[Na+]. The van der Waals surface area contributed by atoms with Crippen molar-refractivity contribution in [1.82, 2.24) is 10.2 Å². The zero-order chi connectivity index (χ0) is 20.4. The molecule has 0 saturated carbocycles. The van der Waals surface area contributed by atoms with Crippen LogP contribution in [0.2, 0.25) is 0 Å². The molecule has 2 rings (SSSR count). The van der Waals surface area contributed by atoms with Gasteiger partial charge in [0.05, 0.1) is 36.0 Å². The fourth-order valence-electron chi connectivity index (χ4n) is 2.64. The number of hydrogen-bond acceptors (Lipinski definition) is 11. The first kappa shape index (κ1) is 29.2. The number of aliphatic carboxylic acids is 2. The Hall–Kier alpha value is 0.200. The maximum absolute atomic E-state index is 12.6. The molecule has 0 aromatic carbocycles. The van der Waals surface area contributed by atoms with Crippen LogP contribution in [0.25, 0.3) is 0 Å². The van der Waals surface area contributed by atoms with Crippen molar-refractivity contribution in [3.63, 3.8) is 0 Å². The maximum atomic E-state index is 12.6. The average molecular weight is 465 g/mol. The van der Waals surface area contributed by atoms with Gasteiger partial charge in [0, 0.05) is 18.6 Å². The van der Waals surface area contributed by atoms with E-state index in [1.807, 2.05) is 0 Å². The third-order valence-corrected chi connectivity index (χ3v) is 6.41. The molecule has 0 unspecified atom stereocenters. The van der Waals surface area contributed by atoms with E-state index in [1.165, 1.54) is 7.11 Å². The molecule has 3 atom stereocenters. The van der Waals surface area contributed by atoms with Gasteiger partial charge < -0.3 is 40.7 Å². The van der Waals surface area contributed by atoms with Gasteiger partial charge in [-0.2, -0.15) is 11.8 Å². The number of β-lactam (4-membered cyclic amide) rings is 1. The van der Waals surface area contributed by atoms with Crippen molar-refractivity contribution in [2.45, 2.75) is 17.1 Å². The summed E-state index contributed by atoms with van der Waals surface area (Å²) in [5.74, 6) is -4.62. The van der Waals surface area contributed by atoms with Gasteiger partial charge in [0.25, 0.3) is 11.6 Å². The van der Waals surface area contributed by atoms with Gasteiger partial charge in [-0.15, -0.1) is 11.8 Å². The van der Waals surface area contributed by atoms with Crippen molar-refractivity contribution in [2.24, 2.45) is 5.73 Å². The largest absolute Gasteiger partial charge is 1.00 e. The Bertz CT molecular complexity index is 710. The van der Waals surface area contributed by atoms with Crippen LogP contribution in [0.15, 0.2) is 11.3 Å². The number of methoxy groups -OCH3 is 1. The third-order valence-electron chi connectivity index (χ3n) is 3.97. The van der Waals surface area contributed by atoms with Crippen molar-refractivity contribution in [3.8, 4) is 0 Å². The first-order valence-corrected chi connectivity index (χ1v) is 9.79. The summed E-state index contributed by atoms with van der Waals surface area (Å²) in [6.07, 6.45) is 0. The van der Waals surface area contributed by atoms with Crippen LogP contribution in [0.4, 0.5) is 0 Å². The molecule has 0 aromatic heterocycles. The number of thioether (sulfide) groups is 2. The summed E-state index contributed by atoms with van der Waals surface area (Å²) in [4.78, 5) is 47.5. The number of aliphatic hydroxyl groups excluding tert-OH is 1. The number of aliphatic hydroxyl groups is 1. The number of carboxylic acids is 2. The van der Waals surface area contributed by atoms with Crippen molar-refractivity contribution in [2.75, 3.05) is 31.0 Å². The standard InChI is InChI=1S/C14H19N3O8S2.2Na/c1-25-14(16-8(19)5-26-4-7(15)10(20)21)12(24)17-9(11(22)23)6(2-18)3-27-13(14)17;;/h7,13,18H,2-5,15H2,1H3,(H,16,19)(H,20,21)(H,22,23);;/q;2*+1/p-2/t7-,13-,14+;;/m1../s1. The van der Waals surface area contributed by atoms with E-state index in [1.54, 1.807) is 0 Å². The predicted molar refractivity (Wildman–Crippen MR) is 90.4 cm³/mol. The first-order chi connectivity index (χ1) is 12.7. The molecule has 15 heteroatoms. The van der Waals surface area contributed by atoms with Crippen LogP contribution >= 0.6 is 23.5 Å². The topological polar surface area (TPSA) is 185 Å². The van der Waals surface area contributed by atoms with Crippen LogP contribution in [-0.2, 0) is 23.9 Å². The normalized spacial score (nSPS) is 23.8. The monoisotopic (exact) mass is 465 g/mol. The Kier molecular flexibility index (Phi) is 12.4. The molecule has 0 aliphatic carbocycles. The van der Waals surface area contributed by atoms with Crippen LogP contribution in [0, 0.1) is 0 Å². The number of fused-ring (bicyclic) bond motifs is 1. The molecule has 4 N–H and O–H groups in total. The predicted octanol–water partition coefficient (Wildman–Crippen LogP) is -10.8. The Labute approximate surface area is 219 Å². The molecule has 150 valence electrons. The summed E-state index contributed by atoms with van der Waals surface area (Å²) in [5.41, 5.74) is 3.22. The van der Waals surface area contributed by atoms with E-state index < -0.39 is 53.2 Å². The molecular weight excluding hydrogens is 448 g/mol. The summed E-state index contributed by atoms with van der Waals surface area (Å²) in [5, 5.41) is 32.8. The number of amides is 2. The van der Waals surface area contributed by atoms with Crippen molar-refractivity contribution in [3.05, 3.63) is 11.3 Å². The summed E-state index contributed by atoms with van der Waals surface area (Å²) in [6.45, 7) is -0.547. The number of rotatable bonds is 9. The zero-order valence-electron chi connectivity index (χ0n) is 16.1. The Morgan fingerprint density at radius 3 is 2.55 bits per heavy atom. The van der Waals surface area contributed by atoms with Crippen LogP contribution in [0.3, 0.4) is 0 Å². The molecule has 0 radical (unpaired) electrons. The second kappa shape index (κ2) is 12.3. The minimum atomic E-state index is -1.76. The fourth-order valence-corrected chi connectivity index (χ4v) is 4.84. The summed E-state index contributed by atoms with van der Waals surface area (Å²) >= 11 is 2.05. The van der Waals surface area contributed by atoms with Gasteiger partial charge in [-0.25, -0.2) is 0 Å². The van der Waals surface area contributed by atoms with E-state index in [4.69, 9.17) is 10.5 Å². The number of carboxylic acid groups (broad SMARTS) is 2. The number of ether oxygens (including phenoxy) is 1. The van der Waals surface area contributed by atoms with Crippen LogP contribution in [-0.4, -0.2) is 81.9 Å². The number of carbonyl (C=O) groups excluding carboxylic acids is 4. The minimum Gasteiger partial charge on any atom is -0.548 e. The van der Waals surface area contributed by atoms with Crippen molar-refractivity contribution in [1.29, 1.82) is 0 Å². The molecule has 1 fully saturated rings. The zero-order valence-corrected chi connectivity index (χ0v) is 21.8. The summed E-state index contributed by atoms with van der Waals surface area (Å²) in [6, 6.07) is -1.23. The molecule has 2 aliphatic heterocycles. The first-order valence-electron chi connectivity index (χ1n) is 7.59. The minimum absolute atomic E-state index is 0. The van der Waals surface area contributed by atoms with Gasteiger partial charge in [-0.05, 0) is 5.57 Å². The summed E-state index contributed by atoms with van der Waals surface area (Å²) < 4.78 is 5.21. The Balaban J connectivity index is 0.00000392. The van der Waals surface area contributed by atoms with Gasteiger partial charge in [-0.1, -0.05) is 0 Å². The number of hydrogen-bond donors (Lipinski definition) is 3. The number of nitrogens with two attached hydrogens (primary N) is 1. The van der Waals surface area contributed by atoms with E-state index in [2.05, 4.69) is 5.32 Å². The smallest absolute Gasteiger partial charge is 0.548 e. The van der Waals surface area contributed by atoms with Crippen LogP contribution < -0.4 is 80.4 Å². The molecule has 1 saturated heterocycles. The molecule has 0 bridgehead atoms. The average Bonchev–Trinajstić information content (AvgIpc) is 2.63. The quantitative estimate of drug-likeness (QED) is 0.167. The molecular formula is C14H17N3Na2O8S2. The summed E-state index contributed by atoms with van der Waals surface area (Å²) in [7, 11) is 1.19. The second-order valence-corrected chi connectivity index (χ2v) is 7.76. The van der Waals surface area contributed by atoms with E-state index in [0.717, 1.165) is 28.4 Å². The van der Waals surface area contributed by atoms with E-state index >= 15 is 0 Å². The fraction of sp³-hybridized carbons (Fsp3) is 0.571. The maximum Gasteiger partial charge on any atom is 1.00 e. The van der Waals surface area contributed by atoms with Gasteiger partial charge >= 0.3 is 59.1 Å². The molecule has 2 heterocycles. The van der Waals surface area contributed by atoms with Crippen molar-refractivity contribution < 1.29 is 98.3 Å². The Morgan fingerprint density at radius 1 is 1.45 bits per heavy atom. The number of carbonyl (C=O) groups is 4. The Morgan fingerprint density at radius 2 is 2.07 bits per heavy atom. The third kappa shape index (κ3) is 5.92. The molecule has 2 aliphatic rings. The van der Waals surface area contributed by atoms with Crippen LogP contribution in [0.5, 0.6) is 0 Å². The molecule has 0 spiro atoms. The molecule has 29 heavy (non-hydrogen) atoms. The van der Waals surface area contributed by atoms with E-state index in [0.29, 0.717) is 0 Å². The van der Waals surface area contributed by atoms with Gasteiger partial charge in [-0.3, -0.25) is 14.5 Å². The molecule has 11 nitrogen and oxygen atoms in total. The van der Waals surface area contributed by atoms with Crippen LogP contribution in [0.1, 0.15) is 0 Å². The number of nitrogens with zero attached hydrogens (tertiary/aromatic N) is 1. The van der Waals surface area contributed by atoms with E-state index in [-0.39, 0.29) is 81.9 Å². The van der Waals surface area contributed by atoms with Gasteiger partial charge in [0.1, 0.15) is 5.37 Å². The molecule has 2 amide bonds. The molecule has 0 aromatic rings. The second-order valence-electron chi connectivity index (χ2n) is 5.66. The van der Waals surface area contributed by atoms with Gasteiger partial charge in [0.2, 0.25) is 5.91 Å². The number of nitrogens with one attached hydrogen (secondary N) is 1. The van der Waals surface area contributed by atoms with Gasteiger partial charge in [0.15, 0.2) is 0 Å². The van der Waals surface area contributed by atoms with E-state index in [9.17, 15) is 34.5 Å².